The van der Waals surface area contributed by atoms with Gasteiger partial charge in [-0.05, 0) is 30.5 Å². The van der Waals surface area contributed by atoms with Crippen LogP contribution in [-0.4, -0.2) is 28.1 Å². The molecule has 2 aromatic rings. The van der Waals surface area contributed by atoms with E-state index in [9.17, 15) is 9.18 Å². The zero-order valence-electron chi connectivity index (χ0n) is 12.9. The van der Waals surface area contributed by atoms with Gasteiger partial charge in [-0.25, -0.2) is 4.39 Å². The summed E-state index contributed by atoms with van der Waals surface area (Å²) in [7, 11) is 1.60. The highest BCUT2D eigenvalue weighted by atomic mass is 35.5. The Morgan fingerprint density at radius 1 is 1.45 bits per heavy atom. The minimum atomic E-state index is -0.422. The van der Waals surface area contributed by atoms with Gasteiger partial charge in [0.25, 0.3) is 5.91 Å². The van der Waals surface area contributed by atoms with Gasteiger partial charge in [-0.1, -0.05) is 31.5 Å². The first-order chi connectivity index (χ1) is 10.4. The predicted octanol–water partition coefficient (Wildman–Crippen LogP) is 3.67. The van der Waals surface area contributed by atoms with Gasteiger partial charge >= 0.3 is 0 Å². The second-order valence-corrected chi connectivity index (χ2v) is 6.15. The predicted molar refractivity (Wildman–Crippen MR) is 84.3 cm³/mol. The Morgan fingerprint density at radius 3 is 2.82 bits per heavy atom. The van der Waals surface area contributed by atoms with Gasteiger partial charge in [0.15, 0.2) is 0 Å². The standard InChI is InChI=1S/C16H19ClFN3O/c1-10(2)7-11-8-15(20-19-11)16(22)21(3)9-12-13(17)5-4-6-14(12)18/h4-6,8,10H,7,9H2,1-3H3,(H,19,20). The summed E-state index contributed by atoms with van der Waals surface area (Å²) in [5.41, 5.74) is 1.54. The van der Waals surface area contributed by atoms with Crippen molar-refractivity contribution >= 4 is 17.5 Å². The van der Waals surface area contributed by atoms with E-state index in [1.807, 2.05) is 0 Å². The molecule has 1 heterocycles. The molecule has 0 atom stereocenters. The van der Waals surface area contributed by atoms with E-state index in [0.717, 1.165) is 12.1 Å². The molecule has 0 spiro atoms. The number of nitrogens with one attached hydrogen (secondary N) is 1. The molecule has 1 N–H and O–H groups in total. The number of carbonyl (C=O) groups is 1. The third-order valence-corrected chi connectivity index (χ3v) is 3.64. The largest absolute Gasteiger partial charge is 0.336 e. The van der Waals surface area contributed by atoms with E-state index in [-0.39, 0.29) is 12.5 Å². The lowest BCUT2D eigenvalue weighted by Crippen LogP contribution is -2.27. The molecule has 1 amide bonds. The minimum Gasteiger partial charge on any atom is -0.336 e. The molecule has 4 nitrogen and oxygen atoms in total. The van der Waals surface area contributed by atoms with Crippen molar-refractivity contribution in [2.75, 3.05) is 7.05 Å². The number of carbonyl (C=O) groups excluding carboxylic acids is 1. The van der Waals surface area contributed by atoms with Gasteiger partial charge in [0.1, 0.15) is 11.5 Å². The number of nitrogens with zero attached hydrogens (tertiary/aromatic N) is 2. The summed E-state index contributed by atoms with van der Waals surface area (Å²) >= 11 is 5.99. The van der Waals surface area contributed by atoms with E-state index in [4.69, 9.17) is 11.6 Å². The minimum absolute atomic E-state index is 0.0940. The molecule has 0 aliphatic carbocycles. The summed E-state index contributed by atoms with van der Waals surface area (Å²) in [4.78, 5) is 13.8. The van der Waals surface area contributed by atoms with Gasteiger partial charge in [-0.2, -0.15) is 5.10 Å². The molecule has 2 rings (SSSR count). The van der Waals surface area contributed by atoms with E-state index in [1.54, 1.807) is 19.2 Å². The summed E-state index contributed by atoms with van der Waals surface area (Å²) in [5, 5.41) is 7.20. The van der Waals surface area contributed by atoms with Crippen LogP contribution in [-0.2, 0) is 13.0 Å². The molecule has 1 aromatic carbocycles. The molecule has 0 bridgehead atoms. The van der Waals surface area contributed by atoms with Crippen LogP contribution in [0.25, 0.3) is 0 Å². The van der Waals surface area contributed by atoms with Crippen LogP contribution in [0.4, 0.5) is 4.39 Å². The van der Waals surface area contributed by atoms with Crippen molar-refractivity contribution in [1.29, 1.82) is 0 Å². The van der Waals surface area contributed by atoms with E-state index < -0.39 is 5.82 Å². The Balaban J connectivity index is 2.10. The molecule has 0 saturated carbocycles. The highest BCUT2D eigenvalue weighted by molar-refractivity contribution is 6.31. The Bertz CT molecular complexity index is 649. The zero-order valence-corrected chi connectivity index (χ0v) is 13.6. The van der Waals surface area contributed by atoms with Crippen LogP contribution in [0.15, 0.2) is 24.3 Å². The maximum Gasteiger partial charge on any atom is 0.274 e. The third kappa shape index (κ3) is 3.85. The maximum absolute atomic E-state index is 13.8. The molecule has 0 saturated heterocycles. The van der Waals surface area contributed by atoms with Gasteiger partial charge < -0.3 is 4.90 Å². The first-order valence-electron chi connectivity index (χ1n) is 7.11. The lowest BCUT2D eigenvalue weighted by atomic mass is 10.1. The quantitative estimate of drug-likeness (QED) is 0.912. The third-order valence-electron chi connectivity index (χ3n) is 3.28. The Labute approximate surface area is 134 Å². The second-order valence-electron chi connectivity index (χ2n) is 5.74. The second kappa shape index (κ2) is 6.92. The van der Waals surface area contributed by atoms with Crippen LogP contribution in [0, 0.1) is 11.7 Å². The van der Waals surface area contributed by atoms with E-state index >= 15 is 0 Å². The number of halogens is 2. The molecule has 0 aliphatic heterocycles. The molecule has 22 heavy (non-hydrogen) atoms. The van der Waals surface area contributed by atoms with E-state index in [2.05, 4.69) is 24.0 Å². The summed E-state index contributed by atoms with van der Waals surface area (Å²) in [5.74, 6) is -0.224. The van der Waals surface area contributed by atoms with Crippen molar-refractivity contribution in [3.63, 3.8) is 0 Å². The average Bonchev–Trinajstić information content (AvgIpc) is 2.89. The van der Waals surface area contributed by atoms with Gasteiger partial charge in [0, 0.05) is 23.3 Å². The van der Waals surface area contributed by atoms with Crippen LogP contribution in [0.2, 0.25) is 5.02 Å². The summed E-state index contributed by atoms with van der Waals surface area (Å²) in [6.07, 6.45) is 0.823. The van der Waals surface area contributed by atoms with Crippen LogP contribution < -0.4 is 0 Å². The molecule has 0 aliphatic rings. The van der Waals surface area contributed by atoms with Crippen LogP contribution in [0.3, 0.4) is 0 Å². The first kappa shape index (κ1) is 16.5. The summed E-state index contributed by atoms with van der Waals surface area (Å²) < 4.78 is 13.8. The van der Waals surface area contributed by atoms with Crippen LogP contribution >= 0.6 is 11.6 Å². The zero-order chi connectivity index (χ0) is 16.3. The fourth-order valence-electron chi connectivity index (χ4n) is 2.20. The fraction of sp³-hybridized carbons (Fsp3) is 0.375. The Hall–Kier alpha value is -1.88. The van der Waals surface area contributed by atoms with Crippen molar-refractivity contribution in [3.05, 3.63) is 52.1 Å². The molecule has 0 fully saturated rings. The number of rotatable bonds is 5. The van der Waals surface area contributed by atoms with Crippen LogP contribution in [0.1, 0.15) is 35.6 Å². The average molecular weight is 324 g/mol. The Morgan fingerprint density at radius 2 is 2.18 bits per heavy atom. The van der Waals surface area contributed by atoms with Gasteiger partial charge in [0.2, 0.25) is 0 Å². The molecule has 118 valence electrons. The number of H-pyrrole nitrogens is 1. The van der Waals surface area contributed by atoms with E-state index in [1.165, 1.54) is 17.0 Å². The molecule has 6 heteroatoms. The molecule has 0 unspecified atom stereocenters. The van der Waals surface area contributed by atoms with Crippen molar-refractivity contribution in [2.24, 2.45) is 5.92 Å². The number of hydrogen-bond acceptors (Lipinski definition) is 2. The van der Waals surface area contributed by atoms with Gasteiger partial charge in [-0.15, -0.1) is 0 Å². The number of benzene rings is 1. The van der Waals surface area contributed by atoms with Crippen molar-refractivity contribution < 1.29 is 9.18 Å². The highest BCUT2D eigenvalue weighted by Gasteiger charge is 2.18. The summed E-state index contributed by atoms with van der Waals surface area (Å²) in [6, 6.07) is 6.21. The van der Waals surface area contributed by atoms with Gasteiger partial charge in [-0.3, -0.25) is 9.89 Å². The fourth-order valence-corrected chi connectivity index (χ4v) is 2.43. The number of aromatic nitrogens is 2. The van der Waals surface area contributed by atoms with Crippen molar-refractivity contribution in [3.8, 4) is 0 Å². The van der Waals surface area contributed by atoms with Crippen LogP contribution in [0.5, 0.6) is 0 Å². The van der Waals surface area contributed by atoms with Gasteiger partial charge in [0.05, 0.1) is 6.54 Å². The molecule has 1 aromatic heterocycles. The smallest absolute Gasteiger partial charge is 0.274 e. The lowest BCUT2D eigenvalue weighted by molar-refractivity contribution is 0.0778. The van der Waals surface area contributed by atoms with E-state index in [0.29, 0.717) is 22.2 Å². The maximum atomic E-state index is 13.8. The molecule has 0 radical (unpaired) electrons. The molecular formula is C16H19ClFN3O. The molecular weight excluding hydrogens is 305 g/mol. The monoisotopic (exact) mass is 323 g/mol. The van der Waals surface area contributed by atoms with Crippen molar-refractivity contribution in [2.45, 2.75) is 26.8 Å². The topological polar surface area (TPSA) is 49.0 Å². The highest BCUT2D eigenvalue weighted by Crippen LogP contribution is 2.21. The summed E-state index contributed by atoms with van der Waals surface area (Å²) in [6.45, 7) is 4.28. The number of amides is 1. The number of aromatic amines is 1. The normalized spacial score (nSPS) is 11.0. The SMILES string of the molecule is CC(C)Cc1cc(C(=O)N(C)Cc2c(F)cccc2Cl)n[nH]1. The Kier molecular flexibility index (Phi) is 5.19. The van der Waals surface area contributed by atoms with Crippen molar-refractivity contribution in [1.82, 2.24) is 15.1 Å². The lowest BCUT2D eigenvalue weighted by Gasteiger charge is -2.17. The number of hydrogen-bond donors (Lipinski definition) is 1. The first-order valence-corrected chi connectivity index (χ1v) is 7.49.